The van der Waals surface area contributed by atoms with Crippen LogP contribution in [0.4, 0.5) is 4.79 Å². The molecule has 8 heteroatoms. The Morgan fingerprint density at radius 2 is 2.12 bits per heavy atom. The van der Waals surface area contributed by atoms with Crippen LogP contribution in [0.1, 0.15) is 12.8 Å². The summed E-state index contributed by atoms with van der Waals surface area (Å²) in [6.45, 7) is -0.368. The van der Waals surface area contributed by atoms with Crippen LogP contribution in [0, 0.1) is 0 Å². The number of carbonyl (C=O) groups is 3. The summed E-state index contributed by atoms with van der Waals surface area (Å²) in [4.78, 5) is 34.5. The molecule has 1 rings (SSSR count). The van der Waals surface area contributed by atoms with Gasteiger partial charge in [-0.25, -0.2) is 9.59 Å². The van der Waals surface area contributed by atoms with E-state index in [0.717, 1.165) is 0 Å². The molecule has 0 aromatic rings. The van der Waals surface area contributed by atoms with E-state index in [-0.39, 0.29) is 0 Å². The Hall–Kier alpha value is -1.83. The summed E-state index contributed by atoms with van der Waals surface area (Å²) in [7, 11) is 0. The van der Waals surface area contributed by atoms with Gasteiger partial charge >= 0.3 is 12.0 Å². The molecule has 0 bridgehead atoms. The Bertz CT molecular complexity index is 333. The van der Waals surface area contributed by atoms with Gasteiger partial charge in [0.05, 0.1) is 6.61 Å². The van der Waals surface area contributed by atoms with Crippen LogP contribution in [0.3, 0.4) is 0 Å². The number of primary amides is 1. The predicted octanol–water partition coefficient (Wildman–Crippen LogP) is -1.91. The number of hydrogen-bond donors (Lipinski definition) is 4. The molecule has 96 valence electrons. The number of nitrogens with zero attached hydrogens (tertiary/aromatic N) is 1. The summed E-state index contributed by atoms with van der Waals surface area (Å²) in [5, 5.41) is 19.5. The number of nitrogens with one attached hydrogen (secondary N) is 1. The van der Waals surface area contributed by atoms with Crippen molar-refractivity contribution in [2.75, 3.05) is 13.2 Å². The van der Waals surface area contributed by atoms with E-state index in [2.05, 4.69) is 5.32 Å². The Morgan fingerprint density at radius 3 is 2.59 bits per heavy atom. The van der Waals surface area contributed by atoms with Gasteiger partial charge in [-0.05, 0) is 12.8 Å². The van der Waals surface area contributed by atoms with Crippen LogP contribution in [-0.4, -0.2) is 58.3 Å². The third kappa shape index (κ3) is 3.06. The number of carboxylic acids is 1. The molecule has 8 nitrogen and oxygen atoms in total. The van der Waals surface area contributed by atoms with Gasteiger partial charge < -0.3 is 26.2 Å². The average molecular weight is 245 g/mol. The Labute approximate surface area is 97.4 Å². The lowest BCUT2D eigenvalue weighted by Gasteiger charge is -2.24. The van der Waals surface area contributed by atoms with Gasteiger partial charge in [-0.1, -0.05) is 0 Å². The first-order valence-corrected chi connectivity index (χ1v) is 5.17. The first-order valence-electron chi connectivity index (χ1n) is 5.17. The third-order valence-electron chi connectivity index (χ3n) is 2.62. The highest BCUT2D eigenvalue weighted by atomic mass is 16.4. The summed E-state index contributed by atoms with van der Waals surface area (Å²) in [6, 6.07) is -2.78. The summed E-state index contributed by atoms with van der Waals surface area (Å²) in [5.41, 5.74) is 5.12. The maximum Gasteiger partial charge on any atom is 0.328 e. The van der Waals surface area contributed by atoms with Crippen molar-refractivity contribution < 1.29 is 24.6 Å². The smallest absolute Gasteiger partial charge is 0.328 e. The second kappa shape index (κ2) is 5.48. The summed E-state index contributed by atoms with van der Waals surface area (Å²) in [6.07, 6.45) is 1.11. The van der Waals surface area contributed by atoms with E-state index in [0.29, 0.717) is 19.4 Å². The average Bonchev–Trinajstić information content (AvgIpc) is 2.73. The van der Waals surface area contributed by atoms with Crippen molar-refractivity contribution in [3.63, 3.8) is 0 Å². The van der Waals surface area contributed by atoms with Crippen LogP contribution in [0.15, 0.2) is 0 Å². The van der Waals surface area contributed by atoms with Crippen LogP contribution >= 0.6 is 0 Å². The number of likely N-dealkylation sites (tertiary alicyclic amines) is 1. The molecule has 1 aliphatic rings. The molecule has 0 aromatic carbocycles. The normalized spacial score (nSPS) is 21.0. The quantitative estimate of drug-likeness (QED) is 0.458. The molecular weight excluding hydrogens is 230 g/mol. The van der Waals surface area contributed by atoms with Crippen molar-refractivity contribution in [3.8, 4) is 0 Å². The number of rotatable bonds is 4. The van der Waals surface area contributed by atoms with Gasteiger partial charge in [-0.15, -0.1) is 0 Å². The zero-order chi connectivity index (χ0) is 13.0. The molecule has 1 aliphatic heterocycles. The van der Waals surface area contributed by atoms with Crippen molar-refractivity contribution in [1.82, 2.24) is 10.2 Å². The standard InChI is InChI=1S/C9H15N3O5/c10-7(14)6-2-1-3-12(6)9(17)11-5(4-13)8(15)16/h5-6,13H,1-4H2,(H2,10,14)(H,11,17)(H,15,16)/t5-,6?/m0/s1. The fourth-order valence-corrected chi connectivity index (χ4v) is 1.72. The van der Waals surface area contributed by atoms with Gasteiger partial charge in [-0.2, -0.15) is 0 Å². The highest BCUT2D eigenvalue weighted by Crippen LogP contribution is 2.16. The number of amides is 3. The molecule has 3 amide bonds. The molecule has 0 saturated carbocycles. The topological polar surface area (TPSA) is 133 Å². The summed E-state index contributed by atoms with van der Waals surface area (Å²) in [5.74, 6) is -1.95. The number of aliphatic carboxylic acids is 1. The molecule has 17 heavy (non-hydrogen) atoms. The zero-order valence-corrected chi connectivity index (χ0v) is 9.13. The monoisotopic (exact) mass is 245 g/mol. The third-order valence-corrected chi connectivity index (χ3v) is 2.62. The van der Waals surface area contributed by atoms with Crippen molar-refractivity contribution in [2.45, 2.75) is 24.9 Å². The highest BCUT2D eigenvalue weighted by Gasteiger charge is 2.34. The first kappa shape index (κ1) is 13.2. The van der Waals surface area contributed by atoms with E-state index < -0.39 is 36.6 Å². The SMILES string of the molecule is NC(=O)C1CCCN1C(=O)N[C@@H](CO)C(=O)O. The van der Waals surface area contributed by atoms with Crippen LogP contribution in [0.2, 0.25) is 0 Å². The van der Waals surface area contributed by atoms with Crippen LogP contribution in [0.25, 0.3) is 0 Å². The van der Waals surface area contributed by atoms with E-state index in [1.54, 1.807) is 0 Å². The number of nitrogens with two attached hydrogens (primary N) is 1. The van der Waals surface area contributed by atoms with Crippen molar-refractivity contribution in [2.24, 2.45) is 5.73 Å². The van der Waals surface area contributed by atoms with E-state index in [9.17, 15) is 14.4 Å². The number of carboxylic acid groups (broad SMARTS) is 1. The van der Waals surface area contributed by atoms with E-state index in [1.165, 1.54) is 4.90 Å². The first-order chi connectivity index (χ1) is 7.97. The summed E-state index contributed by atoms with van der Waals surface area (Å²) >= 11 is 0. The fourth-order valence-electron chi connectivity index (χ4n) is 1.72. The maximum atomic E-state index is 11.7. The van der Waals surface area contributed by atoms with E-state index in [1.807, 2.05) is 0 Å². The lowest BCUT2D eigenvalue weighted by molar-refractivity contribution is -0.140. The second-order valence-electron chi connectivity index (χ2n) is 3.78. The second-order valence-corrected chi connectivity index (χ2v) is 3.78. The van der Waals surface area contributed by atoms with Crippen molar-refractivity contribution in [3.05, 3.63) is 0 Å². The molecule has 1 fully saturated rings. The molecule has 0 aromatic heterocycles. The minimum atomic E-state index is -1.38. The van der Waals surface area contributed by atoms with E-state index in [4.69, 9.17) is 15.9 Å². The van der Waals surface area contributed by atoms with Gasteiger partial charge in [0.1, 0.15) is 6.04 Å². The largest absolute Gasteiger partial charge is 0.480 e. The van der Waals surface area contributed by atoms with Crippen LogP contribution < -0.4 is 11.1 Å². The molecule has 2 atom stereocenters. The van der Waals surface area contributed by atoms with Gasteiger partial charge in [-0.3, -0.25) is 4.79 Å². The van der Waals surface area contributed by atoms with Crippen LogP contribution in [0.5, 0.6) is 0 Å². The Morgan fingerprint density at radius 1 is 1.47 bits per heavy atom. The number of aliphatic hydroxyl groups excluding tert-OH is 1. The molecule has 1 heterocycles. The van der Waals surface area contributed by atoms with Crippen molar-refractivity contribution in [1.29, 1.82) is 0 Å². The lowest BCUT2D eigenvalue weighted by atomic mass is 10.2. The maximum absolute atomic E-state index is 11.7. The highest BCUT2D eigenvalue weighted by molar-refractivity contribution is 5.88. The fraction of sp³-hybridized carbons (Fsp3) is 0.667. The van der Waals surface area contributed by atoms with E-state index >= 15 is 0 Å². The zero-order valence-electron chi connectivity index (χ0n) is 9.13. The Kier molecular flexibility index (Phi) is 4.27. The predicted molar refractivity (Wildman–Crippen MR) is 56.0 cm³/mol. The molecule has 0 radical (unpaired) electrons. The number of urea groups is 1. The number of aliphatic hydroxyl groups is 1. The number of carbonyl (C=O) groups excluding carboxylic acids is 2. The van der Waals surface area contributed by atoms with Gasteiger partial charge in [0.2, 0.25) is 5.91 Å². The molecule has 1 saturated heterocycles. The molecule has 1 unspecified atom stereocenters. The molecule has 0 spiro atoms. The van der Waals surface area contributed by atoms with Gasteiger partial charge in [0, 0.05) is 6.54 Å². The minimum Gasteiger partial charge on any atom is -0.480 e. The Balaban J connectivity index is 2.63. The van der Waals surface area contributed by atoms with Gasteiger partial charge in [0.25, 0.3) is 0 Å². The molecular formula is C9H15N3O5. The number of hydrogen-bond acceptors (Lipinski definition) is 4. The molecule has 5 N–H and O–H groups in total. The van der Waals surface area contributed by atoms with Crippen molar-refractivity contribution >= 4 is 17.9 Å². The minimum absolute atomic E-state index is 0.344. The summed E-state index contributed by atoms with van der Waals surface area (Å²) < 4.78 is 0. The van der Waals surface area contributed by atoms with Crippen LogP contribution in [-0.2, 0) is 9.59 Å². The van der Waals surface area contributed by atoms with Gasteiger partial charge in [0.15, 0.2) is 6.04 Å². The molecule has 0 aliphatic carbocycles. The lowest BCUT2D eigenvalue weighted by Crippen LogP contribution is -2.53.